The van der Waals surface area contributed by atoms with Crippen LogP contribution in [0.15, 0.2) is 24.3 Å². The minimum absolute atomic E-state index is 0.0355. The minimum atomic E-state index is -1.07. The van der Waals surface area contributed by atoms with Crippen LogP contribution in [-0.2, 0) is 28.6 Å². The van der Waals surface area contributed by atoms with Crippen LogP contribution in [0.5, 0.6) is 0 Å². The van der Waals surface area contributed by atoms with Gasteiger partial charge in [-0.1, -0.05) is 93.5 Å². The van der Waals surface area contributed by atoms with E-state index in [9.17, 15) is 24.6 Å². The standard InChI is InChI=1S/2C22H38O4/c1-8-11-14(4)20-21(7,26-20)16(6)17(9-2)19(23)18-13-25-22(24,10-3)12-15(18)5;1-8-11-14(4)21-22(7,26-21)16(6)18(10-3)20(25)19(13-23)15(5)12-17(24)9-2/h8,11,14-18,20,24H,9-10,12-13H2,1-7H3;8,11,14-16,18-19,21,23H,9-10,12-13H2,1-7H3. The lowest BCUT2D eigenvalue weighted by atomic mass is 9.71. The number of hydrogen-bond donors (Lipinski definition) is 2. The maximum Gasteiger partial charge on any atom is 0.165 e. The Balaban J connectivity index is 0.000000360. The van der Waals surface area contributed by atoms with Gasteiger partial charge in [0, 0.05) is 54.8 Å². The second kappa shape index (κ2) is 19.7. The van der Waals surface area contributed by atoms with Crippen molar-refractivity contribution < 1.29 is 38.8 Å². The van der Waals surface area contributed by atoms with Crippen molar-refractivity contribution >= 4 is 17.3 Å². The summed E-state index contributed by atoms with van der Waals surface area (Å²) in [6, 6.07) is 0. The number of hydrogen-bond acceptors (Lipinski definition) is 8. The highest BCUT2D eigenvalue weighted by molar-refractivity contribution is 5.86. The zero-order chi connectivity index (χ0) is 39.8. The summed E-state index contributed by atoms with van der Waals surface area (Å²) >= 11 is 0. The summed E-state index contributed by atoms with van der Waals surface area (Å²) in [5.41, 5.74) is -0.546. The van der Waals surface area contributed by atoms with Crippen molar-refractivity contribution in [2.45, 2.75) is 165 Å². The van der Waals surface area contributed by atoms with Crippen LogP contribution >= 0.6 is 0 Å². The molecule has 0 aliphatic carbocycles. The van der Waals surface area contributed by atoms with Gasteiger partial charge in [-0.15, -0.1) is 0 Å². The lowest BCUT2D eigenvalue weighted by Gasteiger charge is -2.41. The fraction of sp³-hybridized carbons (Fsp3) is 0.841. The van der Waals surface area contributed by atoms with Crippen LogP contribution < -0.4 is 0 Å². The Morgan fingerprint density at radius 1 is 0.808 bits per heavy atom. The second-order valence-electron chi connectivity index (χ2n) is 16.9. The third kappa shape index (κ3) is 10.7. The third-order valence-electron chi connectivity index (χ3n) is 13.3. The van der Waals surface area contributed by atoms with Gasteiger partial charge in [-0.2, -0.15) is 0 Å². The first-order valence-electron chi connectivity index (χ1n) is 20.5. The molecule has 0 aromatic carbocycles. The molecule has 0 radical (unpaired) electrons. The Bertz CT molecular complexity index is 1230. The van der Waals surface area contributed by atoms with E-state index in [4.69, 9.17) is 14.2 Å². The average Bonchev–Trinajstić information content (AvgIpc) is 4.00. The molecule has 0 saturated carbocycles. The van der Waals surface area contributed by atoms with Crippen LogP contribution in [-0.4, -0.2) is 70.0 Å². The number of ether oxygens (including phenoxy) is 3. The van der Waals surface area contributed by atoms with E-state index < -0.39 is 11.7 Å². The summed E-state index contributed by atoms with van der Waals surface area (Å²) in [4.78, 5) is 38.3. The van der Waals surface area contributed by atoms with E-state index in [0.717, 1.165) is 6.42 Å². The predicted molar refractivity (Wildman–Crippen MR) is 209 cm³/mol. The number of epoxide rings is 2. The molecular weight excluding hydrogens is 656 g/mol. The Morgan fingerprint density at radius 3 is 1.67 bits per heavy atom. The maximum absolute atomic E-state index is 13.3. The number of allylic oxidation sites excluding steroid dienone is 2. The summed E-state index contributed by atoms with van der Waals surface area (Å²) in [6.45, 7) is 28.8. The van der Waals surface area contributed by atoms with Crippen molar-refractivity contribution in [2.24, 2.45) is 59.2 Å². The highest BCUT2D eigenvalue weighted by Crippen LogP contribution is 2.52. The SMILES string of the molecule is CC=CC(C)C1OC1(C)C(C)C(CC)C(=O)C(CO)C(C)CC(=O)CC.CC=CC(C)C1OC1(C)C(C)C(CC)C(=O)C1COC(O)(CC)CC1C. The molecule has 0 bridgehead atoms. The van der Waals surface area contributed by atoms with Crippen molar-refractivity contribution in [3.63, 3.8) is 0 Å². The van der Waals surface area contributed by atoms with E-state index in [-0.39, 0.29) is 88.8 Å². The highest BCUT2D eigenvalue weighted by atomic mass is 16.6. The zero-order valence-electron chi connectivity index (χ0n) is 35.2. The van der Waals surface area contributed by atoms with E-state index in [2.05, 4.69) is 73.6 Å². The van der Waals surface area contributed by atoms with E-state index in [0.29, 0.717) is 50.5 Å². The molecule has 0 aromatic rings. The van der Waals surface area contributed by atoms with Gasteiger partial charge < -0.3 is 24.4 Å². The molecule has 8 nitrogen and oxygen atoms in total. The molecule has 8 heteroatoms. The van der Waals surface area contributed by atoms with E-state index in [1.165, 1.54) is 0 Å². The second-order valence-corrected chi connectivity index (χ2v) is 16.9. The van der Waals surface area contributed by atoms with Crippen molar-refractivity contribution in [2.75, 3.05) is 13.2 Å². The van der Waals surface area contributed by atoms with Gasteiger partial charge in [0.2, 0.25) is 0 Å². The van der Waals surface area contributed by atoms with Crippen molar-refractivity contribution in [1.29, 1.82) is 0 Å². The number of rotatable bonds is 20. The molecule has 3 rings (SSSR count). The molecule has 0 aromatic heterocycles. The number of carbonyl (C=O) groups excluding carboxylic acids is 3. The predicted octanol–water partition coefficient (Wildman–Crippen LogP) is 8.56. The molecule has 300 valence electrons. The molecule has 3 aliphatic rings. The molecule has 3 heterocycles. The van der Waals surface area contributed by atoms with Crippen molar-refractivity contribution in [1.82, 2.24) is 0 Å². The van der Waals surface area contributed by atoms with Crippen molar-refractivity contribution in [3.8, 4) is 0 Å². The summed E-state index contributed by atoms with van der Waals surface area (Å²) < 4.78 is 17.8. The first kappa shape index (κ1) is 46.4. The number of aliphatic hydroxyl groups is 2. The largest absolute Gasteiger partial charge is 0.396 e. The highest BCUT2D eigenvalue weighted by Gasteiger charge is 2.61. The topological polar surface area (TPSA) is 126 Å². The van der Waals surface area contributed by atoms with Gasteiger partial charge in [0.15, 0.2) is 5.79 Å². The van der Waals surface area contributed by atoms with E-state index in [1.807, 2.05) is 47.6 Å². The van der Waals surface area contributed by atoms with Crippen LogP contribution in [0.2, 0.25) is 0 Å². The van der Waals surface area contributed by atoms with Gasteiger partial charge in [0.1, 0.15) is 17.3 Å². The van der Waals surface area contributed by atoms with Crippen LogP contribution in [0.25, 0.3) is 0 Å². The molecular formula is C44H76O8. The lowest BCUT2D eigenvalue weighted by molar-refractivity contribution is -0.247. The Labute approximate surface area is 316 Å². The molecule has 52 heavy (non-hydrogen) atoms. The molecule has 2 N–H and O–H groups in total. The fourth-order valence-corrected chi connectivity index (χ4v) is 9.15. The van der Waals surface area contributed by atoms with E-state index in [1.54, 1.807) is 0 Å². The van der Waals surface area contributed by atoms with Gasteiger partial charge in [-0.05, 0) is 70.6 Å². The lowest BCUT2D eigenvalue weighted by Crippen LogP contribution is -2.48. The molecule has 3 fully saturated rings. The van der Waals surface area contributed by atoms with Crippen LogP contribution in [0, 0.1) is 59.2 Å². The first-order chi connectivity index (χ1) is 24.3. The monoisotopic (exact) mass is 733 g/mol. The van der Waals surface area contributed by atoms with Crippen LogP contribution in [0.4, 0.5) is 0 Å². The summed E-state index contributed by atoms with van der Waals surface area (Å²) in [7, 11) is 0. The first-order valence-corrected chi connectivity index (χ1v) is 20.5. The quantitative estimate of drug-likeness (QED) is 0.0942. The molecule has 3 saturated heterocycles. The van der Waals surface area contributed by atoms with Gasteiger partial charge in [-0.25, -0.2) is 0 Å². The average molecular weight is 733 g/mol. The Morgan fingerprint density at radius 2 is 1.29 bits per heavy atom. The number of aliphatic hydroxyl groups excluding tert-OH is 1. The third-order valence-corrected chi connectivity index (χ3v) is 13.3. The molecule has 15 atom stereocenters. The normalized spacial score (nSPS) is 34.7. The maximum atomic E-state index is 13.3. The smallest absolute Gasteiger partial charge is 0.165 e. The summed E-state index contributed by atoms with van der Waals surface area (Å²) in [6.07, 6.45) is 12.2. The van der Waals surface area contributed by atoms with Gasteiger partial charge in [-0.3, -0.25) is 14.4 Å². The Kier molecular flexibility index (Phi) is 17.6. The molecule has 15 unspecified atom stereocenters. The fourth-order valence-electron chi connectivity index (χ4n) is 9.15. The Hall–Kier alpha value is -1.71. The molecule has 0 spiro atoms. The van der Waals surface area contributed by atoms with Gasteiger partial charge in [0.05, 0.1) is 36.6 Å². The molecule has 3 aliphatic heterocycles. The van der Waals surface area contributed by atoms with Gasteiger partial charge >= 0.3 is 0 Å². The minimum Gasteiger partial charge on any atom is -0.396 e. The number of carbonyl (C=O) groups is 3. The number of ketones is 3. The zero-order valence-corrected chi connectivity index (χ0v) is 35.2. The molecule has 0 amide bonds. The van der Waals surface area contributed by atoms with Crippen molar-refractivity contribution in [3.05, 3.63) is 24.3 Å². The number of Topliss-reactive ketones (excluding diaryl/α,β-unsaturated/α-hetero) is 3. The van der Waals surface area contributed by atoms with Crippen LogP contribution in [0.3, 0.4) is 0 Å². The van der Waals surface area contributed by atoms with Crippen LogP contribution in [0.1, 0.15) is 135 Å². The summed E-state index contributed by atoms with van der Waals surface area (Å²) in [5, 5.41) is 20.2. The van der Waals surface area contributed by atoms with Gasteiger partial charge in [0.25, 0.3) is 0 Å². The summed E-state index contributed by atoms with van der Waals surface area (Å²) in [5.74, 6) is -0.484. The van der Waals surface area contributed by atoms with E-state index >= 15 is 0 Å².